The average molecular weight is 557 g/mol. The van der Waals surface area contributed by atoms with Gasteiger partial charge in [-0.1, -0.05) is 6.07 Å². The highest BCUT2D eigenvalue weighted by atomic mass is 79.9. The molecule has 0 amide bonds. The van der Waals surface area contributed by atoms with Crippen molar-refractivity contribution in [3.8, 4) is 22.3 Å². The number of nitro groups is 1. The Kier molecular flexibility index (Phi) is 6.90. The lowest BCUT2D eigenvalue weighted by Gasteiger charge is -2.18. The van der Waals surface area contributed by atoms with Gasteiger partial charge >= 0.3 is 5.82 Å². The Labute approximate surface area is 212 Å². The van der Waals surface area contributed by atoms with Gasteiger partial charge in [0, 0.05) is 36.4 Å². The number of thiazole rings is 1. The van der Waals surface area contributed by atoms with Crippen LogP contribution in [0.25, 0.3) is 10.4 Å². The Morgan fingerprint density at radius 1 is 1.37 bits per heavy atom. The summed E-state index contributed by atoms with van der Waals surface area (Å²) in [6, 6.07) is 9.55. The molecule has 1 atom stereocenters. The van der Waals surface area contributed by atoms with Gasteiger partial charge in [0.1, 0.15) is 18.0 Å². The third kappa shape index (κ3) is 5.21. The predicted molar refractivity (Wildman–Crippen MR) is 131 cm³/mol. The van der Waals surface area contributed by atoms with Gasteiger partial charge < -0.3 is 14.9 Å². The summed E-state index contributed by atoms with van der Waals surface area (Å²) in [6.45, 7) is 3.57. The van der Waals surface area contributed by atoms with Crippen molar-refractivity contribution in [2.24, 2.45) is 7.05 Å². The van der Waals surface area contributed by atoms with E-state index >= 15 is 0 Å². The molecule has 0 saturated carbocycles. The van der Waals surface area contributed by atoms with Gasteiger partial charge in [-0.05, 0) is 57.9 Å². The van der Waals surface area contributed by atoms with Crippen LogP contribution in [0.1, 0.15) is 40.7 Å². The third-order valence-electron chi connectivity index (χ3n) is 5.22. The number of nitrogens with zero attached hydrogens (tertiary/aromatic N) is 6. The standard InChI is InChI=1S/C23H18BrFN6O3S/c1-12(34-21-6-14(24)11-27-23(21)31(32)33)19-7-15(25)4-5-18(19)22-20(28-13(2)35-22)9-17-8-16(10-26)29-30(17)3/h4-8,11-12H,9H2,1-3H3/t12-/m1/s1. The average Bonchev–Trinajstić information content (AvgIpc) is 3.35. The largest absolute Gasteiger partial charge is 0.478 e. The van der Waals surface area contributed by atoms with Crippen molar-refractivity contribution in [1.82, 2.24) is 19.7 Å². The van der Waals surface area contributed by atoms with Gasteiger partial charge in [0.25, 0.3) is 0 Å². The summed E-state index contributed by atoms with van der Waals surface area (Å²) in [7, 11) is 1.76. The zero-order valence-corrected chi connectivity index (χ0v) is 21.2. The van der Waals surface area contributed by atoms with E-state index in [9.17, 15) is 14.5 Å². The van der Waals surface area contributed by atoms with Gasteiger partial charge in [-0.15, -0.1) is 11.3 Å². The lowest BCUT2D eigenvalue weighted by Crippen LogP contribution is -2.08. The quantitative estimate of drug-likeness (QED) is 0.212. The maximum absolute atomic E-state index is 14.3. The summed E-state index contributed by atoms with van der Waals surface area (Å²) in [5.41, 5.74) is 3.07. The maximum atomic E-state index is 14.3. The molecule has 4 aromatic rings. The summed E-state index contributed by atoms with van der Waals surface area (Å²) in [6.07, 6.45) is 0.983. The molecule has 0 aliphatic heterocycles. The van der Waals surface area contributed by atoms with Crippen LogP contribution in [0.15, 0.2) is 41.0 Å². The summed E-state index contributed by atoms with van der Waals surface area (Å²) in [4.78, 5) is 20.1. The van der Waals surface area contributed by atoms with Crippen molar-refractivity contribution in [2.75, 3.05) is 0 Å². The van der Waals surface area contributed by atoms with E-state index < -0.39 is 22.7 Å². The first-order valence-electron chi connectivity index (χ1n) is 10.3. The molecule has 35 heavy (non-hydrogen) atoms. The van der Waals surface area contributed by atoms with Crippen LogP contribution < -0.4 is 4.74 Å². The van der Waals surface area contributed by atoms with Crippen molar-refractivity contribution in [1.29, 1.82) is 5.26 Å². The fraction of sp³-hybridized carbons (Fsp3) is 0.217. The molecule has 0 N–H and O–H groups in total. The summed E-state index contributed by atoms with van der Waals surface area (Å²) >= 11 is 4.70. The smallest absolute Gasteiger partial charge is 0.406 e. The SMILES string of the molecule is Cc1nc(Cc2cc(C#N)nn2C)c(-c2ccc(F)cc2[C@@H](C)Oc2cc(Br)cnc2[N+](=O)[O-])s1. The van der Waals surface area contributed by atoms with Gasteiger partial charge in [-0.2, -0.15) is 10.4 Å². The zero-order chi connectivity index (χ0) is 25.3. The molecule has 0 spiro atoms. The number of hydrogen-bond acceptors (Lipinski definition) is 8. The molecule has 3 aromatic heterocycles. The minimum absolute atomic E-state index is 0.0355. The first kappa shape index (κ1) is 24.4. The van der Waals surface area contributed by atoms with Crippen LogP contribution in [0.4, 0.5) is 10.2 Å². The van der Waals surface area contributed by atoms with E-state index in [1.807, 2.05) is 13.0 Å². The molecule has 0 aliphatic carbocycles. The van der Waals surface area contributed by atoms with Crippen LogP contribution in [0.2, 0.25) is 0 Å². The number of rotatable bonds is 7. The molecule has 0 fully saturated rings. The highest BCUT2D eigenvalue weighted by molar-refractivity contribution is 9.10. The minimum atomic E-state index is -0.743. The topological polar surface area (TPSA) is 120 Å². The van der Waals surface area contributed by atoms with Crippen LogP contribution in [-0.4, -0.2) is 24.7 Å². The molecule has 1 aromatic carbocycles. The lowest BCUT2D eigenvalue weighted by atomic mass is 9.99. The Balaban J connectivity index is 1.75. The molecule has 0 unspecified atom stereocenters. The van der Waals surface area contributed by atoms with Crippen LogP contribution in [-0.2, 0) is 13.5 Å². The highest BCUT2D eigenvalue weighted by Crippen LogP contribution is 2.39. The van der Waals surface area contributed by atoms with E-state index in [1.54, 1.807) is 30.8 Å². The zero-order valence-electron chi connectivity index (χ0n) is 18.8. The monoisotopic (exact) mass is 556 g/mol. The van der Waals surface area contributed by atoms with Crippen molar-refractivity contribution in [3.05, 3.63) is 84.6 Å². The molecule has 0 bridgehead atoms. The second-order valence-corrected chi connectivity index (χ2v) is 9.78. The normalized spacial score (nSPS) is 11.8. The predicted octanol–water partition coefficient (Wildman–Crippen LogP) is 5.66. The molecule has 12 heteroatoms. The fourth-order valence-corrected chi connectivity index (χ4v) is 4.96. The van der Waals surface area contributed by atoms with Crippen molar-refractivity contribution in [3.63, 3.8) is 0 Å². The molecule has 0 radical (unpaired) electrons. The number of nitriles is 1. The molecule has 178 valence electrons. The molecule has 0 aliphatic rings. The Hall–Kier alpha value is -3.69. The van der Waals surface area contributed by atoms with E-state index in [2.05, 4.69) is 31.0 Å². The van der Waals surface area contributed by atoms with Gasteiger partial charge in [0.15, 0.2) is 11.9 Å². The molecule has 4 rings (SSSR count). The van der Waals surface area contributed by atoms with E-state index in [4.69, 9.17) is 10.00 Å². The van der Waals surface area contributed by atoms with E-state index in [1.165, 1.54) is 35.7 Å². The number of aromatic nitrogens is 4. The Morgan fingerprint density at radius 3 is 2.83 bits per heavy atom. The first-order valence-corrected chi connectivity index (χ1v) is 11.9. The van der Waals surface area contributed by atoms with Crippen molar-refractivity contribution < 1.29 is 14.1 Å². The number of ether oxygens (including phenoxy) is 1. The Bertz CT molecular complexity index is 1480. The van der Waals surface area contributed by atoms with E-state index in [0.717, 1.165) is 21.3 Å². The number of pyridine rings is 1. The van der Waals surface area contributed by atoms with Crippen LogP contribution in [0, 0.1) is 34.2 Å². The summed E-state index contributed by atoms with van der Waals surface area (Å²) < 4.78 is 22.4. The minimum Gasteiger partial charge on any atom is -0.478 e. The number of aryl methyl sites for hydroxylation is 2. The van der Waals surface area contributed by atoms with Crippen LogP contribution in [0.5, 0.6) is 5.75 Å². The number of benzene rings is 1. The first-order chi connectivity index (χ1) is 16.7. The van der Waals surface area contributed by atoms with Gasteiger partial charge in [0.05, 0.1) is 20.1 Å². The van der Waals surface area contributed by atoms with Crippen molar-refractivity contribution in [2.45, 2.75) is 26.4 Å². The highest BCUT2D eigenvalue weighted by Gasteiger charge is 2.24. The van der Waals surface area contributed by atoms with E-state index in [0.29, 0.717) is 27.7 Å². The maximum Gasteiger partial charge on any atom is 0.406 e. The summed E-state index contributed by atoms with van der Waals surface area (Å²) in [5.74, 6) is -0.933. The third-order valence-corrected chi connectivity index (χ3v) is 6.70. The second-order valence-electron chi connectivity index (χ2n) is 7.67. The Morgan fingerprint density at radius 2 is 2.14 bits per heavy atom. The van der Waals surface area contributed by atoms with Gasteiger partial charge in [0.2, 0.25) is 5.75 Å². The van der Waals surface area contributed by atoms with E-state index in [-0.39, 0.29) is 5.75 Å². The second kappa shape index (κ2) is 9.89. The molecule has 9 nitrogen and oxygen atoms in total. The molecule has 3 heterocycles. The number of halogens is 2. The molecule has 0 saturated heterocycles. The summed E-state index contributed by atoms with van der Waals surface area (Å²) in [5, 5.41) is 25.6. The lowest BCUT2D eigenvalue weighted by molar-refractivity contribution is -0.390. The van der Waals surface area contributed by atoms with Gasteiger partial charge in [-0.25, -0.2) is 9.37 Å². The van der Waals surface area contributed by atoms with Crippen LogP contribution >= 0.6 is 27.3 Å². The van der Waals surface area contributed by atoms with Crippen molar-refractivity contribution >= 4 is 33.1 Å². The molecular weight excluding hydrogens is 539 g/mol. The fourth-order valence-electron chi connectivity index (χ4n) is 3.67. The molecular formula is C23H18BrFN6O3S. The van der Waals surface area contributed by atoms with Crippen LogP contribution in [0.3, 0.4) is 0 Å². The van der Waals surface area contributed by atoms with Gasteiger partial charge in [-0.3, -0.25) is 4.68 Å². The number of hydrogen-bond donors (Lipinski definition) is 0.